The molecule has 1 aromatic rings. The van der Waals surface area contributed by atoms with Crippen LogP contribution in [-0.2, 0) is 11.2 Å². The van der Waals surface area contributed by atoms with E-state index in [1.807, 2.05) is 29.2 Å². The lowest BCUT2D eigenvalue weighted by Crippen LogP contribution is -2.32. The summed E-state index contributed by atoms with van der Waals surface area (Å²) in [5, 5.41) is 0. The van der Waals surface area contributed by atoms with Crippen LogP contribution in [0.1, 0.15) is 12.0 Å². The Hall–Kier alpha value is -2.09. The second-order valence-corrected chi connectivity index (χ2v) is 4.23. The van der Waals surface area contributed by atoms with Crippen LogP contribution in [0.25, 0.3) is 0 Å². The van der Waals surface area contributed by atoms with Crippen molar-refractivity contribution < 1.29 is 4.79 Å². The smallest absolute Gasteiger partial charge is 0.226 e. The fraction of sp³-hybridized carbons (Fsp3) is 0.235. The number of hydrogen-bond acceptors (Lipinski definition) is 1. The summed E-state index contributed by atoms with van der Waals surface area (Å²) in [7, 11) is 0. The molecule has 0 N–H and O–H groups in total. The lowest BCUT2D eigenvalue weighted by Gasteiger charge is -2.20. The maximum atomic E-state index is 12.0. The highest BCUT2D eigenvalue weighted by Crippen LogP contribution is 2.03. The van der Waals surface area contributed by atoms with Gasteiger partial charge in [0.15, 0.2) is 0 Å². The van der Waals surface area contributed by atoms with E-state index in [0.29, 0.717) is 13.0 Å². The molecule has 0 aliphatic rings. The molecule has 0 heterocycles. The molecule has 0 aliphatic heterocycles. The lowest BCUT2D eigenvalue weighted by atomic mass is 10.1. The van der Waals surface area contributed by atoms with Gasteiger partial charge in [0, 0.05) is 19.5 Å². The van der Waals surface area contributed by atoms with E-state index >= 15 is 0 Å². The highest BCUT2D eigenvalue weighted by molar-refractivity contribution is 5.77. The van der Waals surface area contributed by atoms with Gasteiger partial charge in [-0.3, -0.25) is 4.79 Å². The number of benzene rings is 1. The number of nitrogens with zero attached hydrogens (tertiary/aromatic N) is 1. The number of allylic oxidation sites excluding steroid dienone is 2. The first-order chi connectivity index (χ1) is 9.27. The highest BCUT2D eigenvalue weighted by atomic mass is 16.2. The van der Waals surface area contributed by atoms with Crippen LogP contribution < -0.4 is 0 Å². The van der Waals surface area contributed by atoms with Crippen molar-refractivity contribution in [2.75, 3.05) is 13.1 Å². The Morgan fingerprint density at radius 3 is 2.58 bits per heavy atom. The molecular formula is C17H21NO. The number of hydrogen-bond donors (Lipinski definition) is 0. The van der Waals surface area contributed by atoms with E-state index in [1.54, 1.807) is 18.2 Å². The largest absolute Gasteiger partial charge is 0.338 e. The van der Waals surface area contributed by atoms with Gasteiger partial charge in [-0.25, -0.2) is 0 Å². The van der Waals surface area contributed by atoms with Crippen LogP contribution >= 0.6 is 0 Å². The molecule has 0 radical (unpaired) electrons. The molecule has 2 heteroatoms. The molecule has 1 rings (SSSR count). The maximum absolute atomic E-state index is 12.0. The molecule has 1 amide bonds. The summed E-state index contributed by atoms with van der Waals surface area (Å²) in [5.74, 6) is 0.119. The van der Waals surface area contributed by atoms with E-state index in [0.717, 1.165) is 13.0 Å². The van der Waals surface area contributed by atoms with E-state index in [1.165, 1.54) is 5.56 Å². The van der Waals surface area contributed by atoms with Crippen LogP contribution in [0.2, 0.25) is 0 Å². The normalized spacial score (nSPS) is 10.3. The van der Waals surface area contributed by atoms with Crippen molar-refractivity contribution in [2.24, 2.45) is 0 Å². The second kappa shape index (κ2) is 8.92. The Morgan fingerprint density at radius 1 is 1.21 bits per heavy atom. The number of rotatable bonds is 8. The molecule has 0 atom stereocenters. The minimum absolute atomic E-state index is 0.119. The predicted octanol–water partition coefficient (Wildman–Crippen LogP) is 3.38. The summed E-state index contributed by atoms with van der Waals surface area (Å²) in [6.07, 6.45) is 8.34. The SMILES string of the molecule is C=CC=CCC(=O)N(CC=C)CCc1ccccc1. The van der Waals surface area contributed by atoms with Crippen molar-refractivity contribution >= 4 is 5.91 Å². The van der Waals surface area contributed by atoms with Crippen molar-refractivity contribution in [3.8, 4) is 0 Å². The zero-order chi connectivity index (χ0) is 13.9. The first-order valence-electron chi connectivity index (χ1n) is 6.48. The molecular weight excluding hydrogens is 234 g/mol. The summed E-state index contributed by atoms with van der Waals surface area (Å²) in [4.78, 5) is 13.8. The maximum Gasteiger partial charge on any atom is 0.226 e. The van der Waals surface area contributed by atoms with Crippen molar-refractivity contribution in [1.82, 2.24) is 4.90 Å². The summed E-state index contributed by atoms with van der Waals surface area (Å²) in [6.45, 7) is 8.60. The Bertz CT molecular complexity index is 434. The zero-order valence-electron chi connectivity index (χ0n) is 11.3. The van der Waals surface area contributed by atoms with Crippen LogP contribution in [0.4, 0.5) is 0 Å². The minimum atomic E-state index is 0.119. The minimum Gasteiger partial charge on any atom is -0.338 e. The lowest BCUT2D eigenvalue weighted by molar-refractivity contribution is -0.129. The van der Waals surface area contributed by atoms with Gasteiger partial charge in [0.2, 0.25) is 5.91 Å². The number of carbonyl (C=O) groups is 1. The highest BCUT2D eigenvalue weighted by Gasteiger charge is 2.10. The van der Waals surface area contributed by atoms with Gasteiger partial charge in [-0.2, -0.15) is 0 Å². The first-order valence-corrected chi connectivity index (χ1v) is 6.48. The first kappa shape index (κ1) is 15.0. The average Bonchev–Trinajstić information content (AvgIpc) is 2.44. The standard InChI is InChI=1S/C17H21NO/c1-3-5-7-12-17(19)18(14-4-2)15-13-16-10-8-6-9-11-16/h3-11H,1-2,12-15H2. The zero-order valence-corrected chi connectivity index (χ0v) is 11.3. The predicted molar refractivity (Wildman–Crippen MR) is 80.9 cm³/mol. The van der Waals surface area contributed by atoms with E-state index in [9.17, 15) is 4.79 Å². The third-order valence-corrected chi connectivity index (χ3v) is 2.78. The van der Waals surface area contributed by atoms with Crippen molar-refractivity contribution in [2.45, 2.75) is 12.8 Å². The van der Waals surface area contributed by atoms with Crippen LogP contribution in [-0.4, -0.2) is 23.9 Å². The van der Waals surface area contributed by atoms with E-state index in [-0.39, 0.29) is 5.91 Å². The molecule has 1 aromatic carbocycles. The van der Waals surface area contributed by atoms with Gasteiger partial charge < -0.3 is 4.90 Å². The van der Waals surface area contributed by atoms with Gasteiger partial charge in [-0.05, 0) is 12.0 Å². The Balaban J connectivity index is 2.52. The van der Waals surface area contributed by atoms with Gasteiger partial charge in [-0.1, -0.05) is 61.2 Å². The topological polar surface area (TPSA) is 20.3 Å². The molecule has 0 aliphatic carbocycles. The van der Waals surface area contributed by atoms with Crippen molar-refractivity contribution in [3.05, 3.63) is 73.4 Å². The molecule has 0 fully saturated rings. The Kier molecular flexibility index (Phi) is 7.03. The Morgan fingerprint density at radius 2 is 1.95 bits per heavy atom. The van der Waals surface area contributed by atoms with Gasteiger partial charge in [0.1, 0.15) is 0 Å². The van der Waals surface area contributed by atoms with E-state index < -0.39 is 0 Å². The third-order valence-electron chi connectivity index (χ3n) is 2.78. The molecule has 2 nitrogen and oxygen atoms in total. The van der Waals surface area contributed by atoms with Crippen LogP contribution in [0.3, 0.4) is 0 Å². The van der Waals surface area contributed by atoms with Crippen molar-refractivity contribution in [1.29, 1.82) is 0 Å². The molecule has 0 saturated carbocycles. The van der Waals surface area contributed by atoms with Gasteiger partial charge in [0.25, 0.3) is 0 Å². The molecule has 0 spiro atoms. The summed E-state index contributed by atoms with van der Waals surface area (Å²) < 4.78 is 0. The molecule has 0 saturated heterocycles. The molecule has 0 unspecified atom stereocenters. The number of amides is 1. The van der Waals surface area contributed by atoms with Gasteiger partial charge >= 0.3 is 0 Å². The molecule has 0 aromatic heterocycles. The Labute approximate surface area is 115 Å². The average molecular weight is 255 g/mol. The van der Waals surface area contributed by atoms with Crippen LogP contribution in [0, 0.1) is 0 Å². The van der Waals surface area contributed by atoms with Crippen molar-refractivity contribution in [3.63, 3.8) is 0 Å². The quantitative estimate of drug-likeness (QED) is 0.515. The molecule has 0 bridgehead atoms. The van der Waals surface area contributed by atoms with Gasteiger partial charge in [0.05, 0.1) is 0 Å². The summed E-state index contributed by atoms with van der Waals surface area (Å²) >= 11 is 0. The molecule has 19 heavy (non-hydrogen) atoms. The fourth-order valence-corrected chi connectivity index (χ4v) is 1.78. The number of carbonyl (C=O) groups excluding carboxylic acids is 1. The van der Waals surface area contributed by atoms with Gasteiger partial charge in [-0.15, -0.1) is 6.58 Å². The summed E-state index contributed by atoms with van der Waals surface area (Å²) in [5.41, 5.74) is 1.24. The molecule has 100 valence electrons. The fourth-order valence-electron chi connectivity index (χ4n) is 1.78. The van der Waals surface area contributed by atoms with Crippen LogP contribution in [0.15, 0.2) is 67.8 Å². The third kappa shape index (κ3) is 5.87. The second-order valence-electron chi connectivity index (χ2n) is 4.23. The van der Waals surface area contributed by atoms with E-state index in [4.69, 9.17) is 0 Å². The van der Waals surface area contributed by atoms with E-state index in [2.05, 4.69) is 25.3 Å². The summed E-state index contributed by atoms with van der Waals surface area (Å²) in [6, 6.07) is 10.2. The van der Waals surface area contributed by atoms with Crippen LogP contribution in [0.5, 0.6) is 0 Å². The monoisotopic (exact) mass is 255 g/mol.